The maximum absolute atomic E-state index is 13.5. The lowest BCUT2D eigenvalue weighted by molar-refractivity contribution is -0.123. The van der Waals surface area contributed by atoms with E-state index in [1.54, 1.807) is 19.1 Å². The molecule has 1 rings (SSSR count). The topological polar surface area (TPSA) is 38.3 Å². The van der Waals surface area contributed by atoms with Gasteiger partial charge in [-0.2, -0.15) is 0 Å². The Labute approximate surface area is 94.6 Å². The molecule has 4 heteroatoms. The predicted octanol–water partition coefficient (Wildman–Crippen LogP) is 2.04. The smallest absolute Gasteiger partial charge is 0.258 e. The van der Waals surface area contributed by atoms with Crippen LogP contribution in [0.1, 0.15) is 19.4 Å². The molecule has 0 atom stereocenters. The second-order valence-electron chi connectivity index (χ2n) is 3.90. The maximum atomic E-state index is 13.5. The van der Waals surface area contributed by atoms with Crippen molar-refractivity contribution in [2.24, 2.45) is 0 Å². The molecule has 0 heterocycles. The standard InChI is InChI=1S/C12H16FNO2/c1-8(2)14-11(15)7-16-10-6-4-5-9(3)12(10)13/h4-6,8H,7H2,1-3H3,(H,14,15). The highest BCUT2D eigenvalue weighted by molar-refractivity contribution is 5.77. The molecule has 0 unspecified atom stereocenters. The van der Waals surface area contributed by atoms with Crippen molar-refractivity contribution in [2.45, 2.75) is 26.8 Å². The van der Waals surface area contributed by atoms with Gasteiger partial charge >= 0.3 is 0 Å². The summed E-state index contributed by atoms with van der Waals surface area (Å²) in [5.74, 6) is -0.561. The number of ether oxygens (including phenoxy) is 1. The molecule has 0 fully saturated rings. The van der Waals surface area contributed by atoms with E-state index in [1.165, 1.54) is 6.07 Å². The maximum Gasteiger partial charge on any atom is 0.258 e. The van der Waals surface area contributed by atoms with Gasteiger partial charge in [0.25, 0.3) is 5.91 Å². The third kappa shape index (κ3) is 3.53. The van der Waals surface area contributed by atoms with Crippen molar-refractivity contribution in [3.8, 4) is 5.75 Å². The molecule has 3 nitrogen and oxygen atoms in total. The zero-order valence-corrected chi connectivity index (χ0v) is 9.71. The van der Waals surface area contributed by atoms with Crippen LogP contribution < -0.4 is 10.1 Å². The number of nitrogens with one attached hydrogen (secondary N) is 1. The van der Waals surface area contributed by atoms with Crippen molar-refractivity contribution in [3.63, 3.8) is 0 Å². The molecule has 0 saturated heterocycles. The van der Waals surface area contributed by atoms with Crippen LogP contribution in [-0.2, 0) is 4.79 Å². The molecular formula is C12H16FNO2. The normalized spacial score (nSPS) is 10.3. The summed E-state index contributed by atoms with van der Waals surface area (Å²) < 4.78 is 18.6. The van der Waals surface area contributed by atoms with Crippen LogP contribution >= 0.6 is 0 Å². The first-order valence-corrected chi connectivity index (χ1v) is 5.18. The van der Waals surface area contributed by atoms with Gasteiger partial charge in [0.2, 0.25) is 0 Å². The number of carbonyl (C=O) groups is 1. The highest BCUT2D eigenvalue weighted by atomic mass is 19.1. The Morgan fingerprint density at radius 1 is 1.50 bits per heavy atom. The number of carbonyl (C=O) groups excluding carboxylic acids is 1. The minimum absolute atomic E-state index is 0.0541. The second kappa shape index (κ2) is 5.49. The van der Waals surface area contributed by atoms with Crippen LogP contribution in [0.2, 0.25) is 0 Å². The summed E-state index contributed by atoms with van der Waals surface area (Å²) in [6.07, 6.45) is 0. The summed E-state index contributed by atoms with van der Waals surface area (Å²) in [5.41, 5.74) is 0.502. The minimum Gasteiger partial charge on any atom is -0.481 e. The molecule has 1 N–H and O–H groups in total. The van der Waals surface area contributed by atoms with Crippen LogP contribution in [-0.4, -0.2) is 18.6 Å². The average Bonchev–Trinajstić information content (AvgIpc) is 2.19. The highest BCUT2D eigenvalue weighted by Gasteiger charge is 2.08. The number of hydrogen-bond donors (Lipinski definition) is 1. The molecule has 0 aliphatic heterocycles. The minimum atomic E-state index is -0.417. The van der Waals surface area contributed by atoms with Gasteiger partial charge < -0.3 is 10.1 Å². The van der Waals surface area contributed by atoms with E-state index in [4.69, 9.17) is 4.74 Å². The first-order chi connectivity index (χ1) is 7.50. The Morgan fingerprint density at radius 3 is 2.81 bits per heavy atom. The first-order valence-electron chi connectivity index (χ1n) is 5.18. The van der Waals surface area contributed by atoms with E-state index in [0.717, 1.165) is 0 Å². The van der Waals surface area contributed by atoms with Gasteiger partial charge in [-0.1, -0.05) is 12.1 Å². The lowest BCUT2D eigenvalue weighted by atomic mass is 10.2. The Morgan fingerprint density at radius 2 is 2.19 bits per heavy atom. The molecule has 0 saturated carbocycles. The summed E-state index contributed by atoms with van der Waals surface area (Å²) in [4.78, 5) is 11.3. The van der Waals surface area contributed by atoms with Gasteiger partial charge in [-0.15, -0.1) is 0 Å². The second-order valence-corrected chi connectivity index (χ2v) is 3.90. The number of hydrogen-bond acceptors (Lipinski definition) is 2. The van der Waals surface area contributed by atoms with E-state index in [0.29, 0.717) is 5.56 Å². The first kappa shape index (κ1) is 12.5. The third-order valence-electron chi connectivity index (χ3n) is 1.96. The van der Waals surface area contributed by atoms with Crippen molar-refractivity contribution in [3.05, 3.63) is 29.6 Å². The fourth-order valence-corrected chi connectivity index (χ4v) is 1.24. The Bertz CT molecular complexity index is 377. The quantitative estimate of drug-likeness (QED) is 0.851. The molecule has 1 aromatic rings. The summed E-state index contributed by atoms with van der Waals surface area (Å²) >= 11 is 0. The van der Waals surface area contributed by atoms with Crippen LogP contribution in [0.4, 0.5) is 4.39 Å². The molecule has 1 aromatic carbocycles. The van der Waals surface area contributed by atoms with E-state index < -0.39 is 5.82 Å². The van der Waals surface area contributed by atoms with Gasteiger partial charge in [-0.3, -0.25) is 4.79 Å². The molecule has 0 bridgehead atoms. The summed E-state index contributed by atoms with van der Waals surface area (Å²) in [6.45, 7) is 5.19. The van der Waals surface area contributed by atoms with Gasteiger partial charge in [-0.05, 0) is 32.4 Å². The van der Waals surface area contributed by atoms with E-state index in [-0.39, 0.29) is 24.3 Å². The largest absolute Gasteiger partial charge is 0.481 e. The molecule has 0 spiro atoms. The fraction of sp³-hybridized carbons (Fsp3) is 0.417. The van der Waals surface area contributed by atoms with Gasteiger partial charge in [-0.25, -0.2) is 4.39 Å². The zero-order chi connectivity index (χ0) is 12.1. The molecule has 0 aliphatic carbocycles. The summed E-state index contributed by atoms with van der Waals surface area (Å²) in [6, 6.07) is 4.90. The van der Waals surface area contributed by atoms with Crippen LogP contribution in [0.25, 0.3) is 0 Å². The molecule has 0 aliphatic rings. The van der Waals surface area contributed by atoms with Crippen molar-refractivity contribution in [1.29, 1.82) is 0 Å². The van der Waals surface area contributed by atoms with Crippen molar-refractivity contribution in [2.75, 3.05) is 6.61 Å². The zero-order valence-electron chi connectivity index (χ0n) is 9.71. The van der Waals surface area contributed by atoms with E-state index in [1.807, 2.05) is 13.8 Å². The number of aryl methyl sites for hydroxylation is 1. The van der Waals surface area contributed by atoms with Crippen LogP contribution in [0.15, 0.2) is 18.2 Å². The monoisotopic (exact) mass is 225 g/mol. The van der Waals surface area contributed by atoms with Gasteiger partial charge in [0.15, 0.2) is 18.2 Å². The molecule has 0 aromatic heterocycles. The van der Waals surface area contributed by atoms with Crippen molar-refractivity contribution in [1.82, 2.24) is 5.32 Å². The van der Waals surface area contributed by atoms with Gasteiger partial charge in [0.05, 0.1) is 0 Å². The number of halogens is 1. The molecule has 0 radical (unpaired) electrons. The molecule has 16 heavy (non-hydrogen) atoms. The van der Waals surface area contributed by atoms with Gasteiger partial charge in [0, 0.05) is 6.04 Å². The fourth-order valence-electron chi connectivity index (χ4n) is 1.24. The Kier molecular flexibility index (Phi) is 4.28. The number of benzene rings is 1. The SMILES string of the molecule is Cc1cccc(OCC(=O)NC(C)C)c1F. The van der Waals surface area contributed by atoms with Gasteiger partial charge in [0.1, 0.15) is 0 Å². The van der Waals surface area contributed by atoms with E-state index >= 15 is 0 Å². The van der Waals surface area contributed by atoms with Crippen LogP contribution in [0, 0.1) is 12.7 Å². The molecular weight excluding hydrogens is 209 g/mol. The molecule has 88 valence electrons. The lowest BCUT2D eigenvalue weighted by Gasteiger charge is -2.10. The molecule has 1 amide bonds. The average molecular weight is 225 g/mol. The lowest BCUT2D eigenvalue weighted by Crippen LogP contribution is -2.34. The predicted molar refractivity (Wildman–Crippen MR) is 59.9 cm³/mol. The van der Waals surface area contributed by atoms with E-state index in [9.17, 15) is 9.18 Å². The van der Waals surface area contributed by atoms with Crippen LogP contribution in [0.5, 0.6) is 5.75 Å². The van der Waals surface area contributed by atoms with Crippen molar-refractivity contribution >= 4 is 5.91 Å². The Hall–Kier alpha value is -1.58. The number of rotatable bonds is 4. The highest BCUT2D eigenvalue weighted by Crippen LogP contribution is 2.19. The van der Waals surface area contributed by atoms with E-state index in [2.05, 4.69) is 5.32 Å². The van der Waals surface area contributed by atoms with Crippen molar-refractivity contribution < 1.29 is 13.9 Å². The number of amides is 1. The summed E-state index contributed by atoms with van der Waals surface area (Å²) in [7, 11) is 0. The third-order valence-corrected chi connectivity index (χ3v) is 1.96. The van der Waals surface area contributed by atoms with Crippen LogP contribution in [0.3, 0.4) is 0 Å². The Balaban J connectivity index is 2.55. The summed E-state index contributed by atoms with van der Waals surface area (Å²) in [5, 5.41) is 2.66.